The molecule has 2 amide bonds. The van der Waals surface area contributed by atoms with E-state index in [9.17, 15) is 22.4 Å². The number of carbonyl (C=O) groups is 2. The van der Waals surface area contributed by atoms with Gasteiger partial charge in [-0.15, -0.1) is 0 Å². The van der Waals surface area contributed by atoms with Crippen LogP contribution < -0.4 is 9.62 Å². The first kappa shape index (κ1) is 28.0. The van der Waals surface area contributed by atoms with E-state index in [1.165, 1.54) is 17.0 Å². The highest BCUT2D eigenvalue weighted by Gasteiger charge is 2.32. The number of nitrogens with zero attached hydrogens (tertiary/aromatic N) is 2. The van der Waals surface area contributed by atoms with Crippen molar-refractivity contribution in [3.8, 4) is 0 Å². The molecule has 0 aromatic heterocycles. The number of rotatable bonds is 11. The van der Waals surface area contributed by atoms with Gasteiger partial charge in [0.05, 0.1) is 11.9 Å². The molecule has 2 atom stereocenters. The summed E-state index contributed by atoms with van der Waals surface area (Å²) in [5.41, 5.74) is 0.986. The number of halogens is 2. The van der Waals surface area contributed by atoms with Crippen molar-refractivity contribution in [2.24, 2.45) is 0 Å². The van der Waals surface area contributed by atoms with E-state index in [-0.39, 0.29) is 18.5 Å². The summed E-state index contributed by atoms with van der Waals surface area (Å²) in [4.78, 5) is 27.9. The largest absolute Gasteiger partial charge is 0.352 e. The maximum absolute atomic E-state index is 13.5. The Balaban J connectivity index is 2.41. The summed E-state index contributed by atoms with van der Waals surface area (Å²) in [6.07, 6.45) is 2.09. The van der Waals surface area contributed by atoms with Crippen molar-refractivity contribution in [2.45, 2.75) is 52.2 Å². The van der Waals surface area contributed by atoms with Gasteiger partial charge in [-0.25, -0.2) is 12.8 Å². The van der Waals surface area contributed by atoms with Gasteiger partial charge >= 0.3 is 0 Å². The third-order valence-electron chi connectivity index (χ3n) is 5.45. The summed E-state index contributed by atoms with van der Waals surface area (Å²) in [6.45, 7) is 5.18. The van der Waals surface area contributed by atoms with E-state index in [1.54, 1.807) is 43.3 Å². The van der Waals surface area contributed by atoms with Crippen LogP contribution in [0.15, 0.2) is 48.5 Å². The zero-order valence-corrected chi connectivity index (χ0v) is 22.8. The molecule has 2 aromatic rings. The summed E-state index contributed by atoms with van der Waals surface area (Å²) in [5.74, 6) is -1.25. The average molecular weight is 603 g/mol. The van der Waals surface area contributed by atoms with E-state index >= 15 is 0 Å². The van der Waals surface area contributed by atoms with E-state index in [0.29, 0.717) is 17.7 Å². The highest BCUT2D eigenvalue weighted by Crippen LogP contribution is 2.21. The van der Waals surface area contributed by atoms with Crippen LogP contribution in [0.1, 0.15) is 39.2 Å². The highest BCUT2D eigenvalue weighted by atomic mass is 127. The molecule has 10 heteroatoms. The summed E-state index contributed by atoms with van der Waals surface area (Å²) in [5, 5.41) is 2.91. The number of carbonyl (C=O) groups excluding carboxylic acids is 2. The second kappa shape index (κ2) is 12.5. The molecule has 1 N–H and O–H groups in total. The Hall–Kier alpha value is -2.21. The standard InChI is InChI=1S/C24H31FIN3O4S/c1-5-17(3)27-24(31)22(6-2)28(15-18-7-9-19(25)10-8-18)23(30)16-29(34(4,32)33)21-13-11-20(26)12-14-21/h7-14,17,22H,5-6,15-16H2,1-4H3,(H,27,31)/t17-,22-/m0/s1. The number of nitrogens with one attached hydrogen (secondary N) is 1. The van der Waals surface area contributed by atoms with Gasteiger partial charge in [-0.1, -0.05) is 26.0 Å². The molecule has 2 rings (SSSR count). The quantitative estimate of drug-likeness (QED) is 0.395. The lowest BCUT2D eigenvalue weighted by atomic mass is 10.1. The van der Waals surface area contributed by atoms with Crippen molar-refractivity contribution in [3.05, 3.63) is 63.5 Å². The molecule has 2 aromatic carbocycles. The molecule has 0 radical (unpaired) electrons. The number of benzene rings is 2. The van der Waals surface area contributed by atoms with Gasteiger partial charge in [0.2, 0.25) is 21.8 Å². The van der Waals surface area contributed by atoms with Crippen molar-refractivity contribution in [1.82, 2.24) is 10.2 Å². The zero-order valence-electron chi connectivity index (χ0n) is 19.8. The van der Waals surface area contributed by atoms with Crippen LogP contribution in [0.2, 0.25) is 0 Å². The number of anilines is 1. The second-order valence-corrected chi connectivity index (χ2v) is 11.3. The fourth-order valence-corrected chi connectivity index (χ4v) is 4.58. The molecule has 0 fully saturated rings. The van der Waals surface area contributed by atoms with Crippen LogP contribution in [-0.2, 0) is 26.2 Å². The number of sulfonamides is 1. The lowest BCUT2D eigenvalue weighted by Crippen LogP contribution is -2.53. The topological polar surface area (TPSA) is 86.8 Å². The maximum Gasteiger partial charge on any atom is 0.244 e. The summed E-state index contributed by atoms with van der Waals surface area (Å²) >= 11 is 2.11. The normalized spacial score (nSPS) is 13.1. The predicted molar refractivity (Wildman–Crippen MR) is 140 cm³/mol. The van der Waals surface area contributed by atoms with Crippen molar-refractivity contribution in [1.29, 1.82) is 0 Å². The van der Waals surface area contributed by atoms with E-state index in [1.807, 2.05) is 13.8 Å². The highest BCUT2D eigenvalue weighted by molar-refractivity contribution is 14.1. The Morgan fingerprint density at radius 3 is 2.12 bits per heavy atom. The maximum atomic E-state index is 13.5. The van der Waals surface area contributed by atoms with E-state index in [0.717, 1.165) is 20.6 Å². The van der Waals surface area contributed by atoms with Crippen LogP contribution in [0.3, 0.4) is 0 Å². The van der Waals surface area contributed by atoms with Crippen molar-refractivity contribution < 1.29 is 22.4 Å². The molecule has 0 bridgehead atoms. The Kier molecular flexibility index (Phi) is 10.3. The second-order valence-electron chi connectivity index (χ2n) is 8.14. The van der Waals surface area contributed by atoms with Gasteiger partial charge < -0.3 is 10.2 Å². The molecule has 0 aliphatic rings. The Morgan fingerprint density at radius 2 is 1.62 bits per heavy atom. The Bertz CT molecular complexity index is 1080. The third-order valence-corrected chi connectivity index (χ3v) is 7.31. The monoisotopic (exact) mass is 603 g/mol. The van der Waals surface area contributed by atoms with E-state index in [4.69, 9.17) is 0 Å². The Labute approximate surface area is 214 Å². The molecule has 0 spiro atoms. The molecule has 7 nitrogen and oxygen atoms in total. The van der Waals surface area contributed by atoms with Gasteiger partial charge in [-0.3, -0.25) is 13.9 Å². The van der Waals surface area contributed by atoms with Crippen LogP contribution >= 0.6 is 22.6 Å². The lowest BCUT2D eigenvalue weighted by Gasteiger charge is -2.33. The molecular formula is C24H31FIN3O4S. The number of hydrogen-bond acceptors (Lipinski definition) is 4. The van der Waals surface area contributed by atoms with Gasteiger partial charge in [0.1, 0.15) is 18.4 Å². The van der Waals surface area contributed by atoms with Gasteiger partial charge in [-0.2, -0.15) is 0 Å². The molecule has 0 saturated carbocycles. The van der Waals surface area contributed by atoms with E-state index < -0.39 is 34.3 Å². The molecule has 34 heavy (non-hydrogen) atoms. The summed E-state index contributed by atoms with van der Waals surface area (Å²) in [7, 11) is -3.78. The average Bonchev–Trinajstić information content (AvgIpc) is 2.78. The first-order chi connectivity index (χ1) is 16.0. The van der Waals surface area contributed by atoms with Crippen LogP contribution in [-0.4, -0.2) is 50.0 Å². The fourth-order valence-electron chi connectivity index (χ4n) is 3.37. The Morgan fingerprint density at radius 1 is 1.03 bits per heavy atom. The van der Waals surface area contributed by atoms with Gasteiger partial charge in [0.25, 0.3) is 0 Å². The molecule has 186 valence electrons. The zero-order chi connectivity index (χ0) is 25.5. The van der Waals surface area contributed by atoms with Gasteiger partial charge in [0, 0.05) is 16.2 Å². The predicted octanol–water partition coefficient (Wildman–Crippen LogP) is 3.92. The number of amides is 2. The minimum absolute atomic E-state index is 0.0375. The minimum Gasteiger partial charge on any atom is -0.352 e. The molecule has 0 aliphatic carbocycles. The SMILES string of the molecule is CC[C@H](C)NC(=O)[C@H](CC)N(Cc1ccc(F)cc1)C(=O)CN(c1ccc(I)cc1)S(C)(=O)=O. The van der Waals surface area contributed by atoms with Crippen molar-refractivity contribution in [2.75, 3.05) is 17.1 Å². The molecule has 0 aliphatic heterocycles. The third kappa shape index (κ3) is 7.93. The lowest BCUT2D eigenvalue weighted by molar-refractivity contribution is -0.140. The van der Waals surface area contributed by atoms with Crippen molar-refractivity contribution in [3.63, 3.8) is 0 Å². The van der Waals surface area contributed by atoms with Crippen LogP contribution in [0.5, 0.6) is 0 Å². The number of hydrogen-bond donors (Lipinski definition) is 1. The van der Waals surface area contributed by atoms with Crippen molar-refractivity contribution >= 4 is 50.1 Å². The summed E-state index contributed by atoms with van der Waals surface area (Å²) < 4.78 is 40.5. The minimum atomic E-state index is -3.78. The smallest absolute Gasteiger partial charge is 0.244 e. The first-order valence-corrected chi connectivity index (χ1v) is 14.0. The molecular weight excluding hydrogens is 572 g/mol. The summed E-state index contributed by atoms with van der Waals surface area (Å²) in [6, 6.07) is 11.5. The molecule has 0 saturated heterocycles. The molecule has 0 unspecified atom stereocenters. The van der Waals surface area contributed by atoms with Crippen LogP contribution in [0, 0.1) is 9.39 Å². The first-order valence-electron chi connectivity index (χ1n) is 11.0. The molecule has 0 heterocycles. The van der Waals surface area contributed by atoms with Crippen LogP contribution in [0.4, 0.5) is 10.1 Å². The van der Waals surface area contributed by atoms with Gasteiger partial charge in [-0.05, 0) is 84.3 Å². The van der Waals surface area contributed by atoms with E-state index in [2.05, 4.69) is 27.9 Å². The fraction of sp³-hybridized carbons (Fsp3) is 0.417. The van der Waals surface area contributed by atoms with Gasteiger partial charge in [0.15, 0.2) is 0 Å². The van der Waals surface area contributed by atoms with Crippen LogP contribution in [0.25, 0.3) is 0 Å².